The van der Waals surface area contributed by atoms with Crippen molar-refractivity contribution in [1.82, 2.24) is 0 Å². The first-order valence-electron chi connectivity index (χ1n) is 6.69. The Morgan fingerprint density at radius 3 is 2.19 bits per heavy atom. The lowest BCUT2D eigenvalue weighted by atomic mass is 9.99. The van der Waals surface area contributed by atoms with Crippen LogP contribution in [-0.4, -0.2) is 32.3 Å². The molecule has 116 valence electrons. The van der Waals surface area contributed by atoms with E-state index < -0.39 is 23.7 Å². The van der Waals surface area contributed by atoms with E-state index in [0.717, 1.165) is 0 Å². The van der Waals surface area contributed by atoms with Gasteiger partial charge in [-0.05, 0) is 38.0 Å². The van der Waals surface area contributed by atoms with Gasteiger partial charge in [0.1, 0.15) is 0 Å². The first-order chi connectivity index (χ1) is 10.0. The van der Waals surface area contributed by atoms with E-state index in [1.165, 1.54) is 25.3 Å². The van der Waals surface area contributed by atoms with Crippen molar-refractivity contribution >= 4 is 11.9 Å². The Labute approximate surface area is 123 Å². The Morgan fingerprint density at radius 2 is 1.71 bits per heavy atom. The van der Waals surface area contributed by atoms with Crippen molar-refractivity contribution in [2.45, 2.75) is 20.3 Å². The molecular weight excluding hydrogens is 279 g/mol. The van der Waals surface area contributed by atoms with E-state index in [9.17, 15) is 14.0 Å². The maximum atomic E-state index is 13.4. The van der Waals surface area contributed by atoms with Crippen LogP contribution in [0, 0.1) is 11.7 Å². The fourth-order valence-corrected chi connectivity index (χ4v) is 1.82. The number of methoxy groups -OCH3 is 1. The standard InChI is InChI=1S/C15H19FO5/c1-4-20-14(17)11(15(18)21-5-2)8-10-6-7-12(16)13(9-10)19-3/h6-7,9,11H,4-5,8H2,1-3H3. The quantitative estimate of drug-likeness (QED) is 0.570. The molecule has 0 N–H and O–H groups in total. The molecule has 0 amide bonds. The largest absolute Gasteiger partial charge is 0.494 e. The van der Waals surface area contributed by atoms with Gasteiger partial charge >= 0.3 is 11.9 Å². The molecule has 0 heterocycles. The van der Waals surface area contributed by atoms with Crippen LogP contribution in [0.1, 0.15) is 19.4 Å². The third-order valence-corrected chi connectivity index (χ3v) is 2.80. The van der Waals surface area contributed by atoms with Gasteiger partial charge in [-0.1, -0.05) is 6.07 Å². The lowest BCUT2D eigenvalue weighted by Gasteiger charge is -2.15. The van der Waals surface area contributed by atoms with Crippen molar-refractivity contribution in [3.63, 3.8) is 0 Å². The number of carbonyl (C=O) groups is 2. The smallest absolute Gasteiger partial charge is 0.320 e. The van der Waals surface area contributed by atoms with Gasteiger partial charge in [0.05, 0.1) is 20.3 Å². The predicted molar refractivity (Wildman–Crippen MR) is 73.4 cm³/mol. The zero-order chi connectivity index (χ0) is 15.8. The SMILES string of the molecule is CCOC(=O)C(Cc1ccc(F)c(OC)c1)C(=O)OCC. The summed E-state index contributed by atoms with van der Waals surface area (Å²) in [7, 11) is 1.34. The molecule has 0 saturated carbocycles. The van der Waals surface area contributed by atoms with Crippen LogP contribution in [-0.2, 0) is 25.5 Å². The number of esters is 2. The molecule has 1 aromatic carbocycles. The fourth-order valence-electron chi connectivity index (χ4n) is 1.82. The summed E-state index contributed by atoms with van der Waals surface area (Å²) < 4.78 is 28.0. The lowest BCUT2D eigenvalue weighted by molar-refractivity contribution is -0.161. The molecule has 0 unspecified atom stereocenters. The fraction of sp³-hybridized carbons (Fsp3) is 0.467. The highest BCUT2D eigenvalue weighted by molar-refractivity contribution is 5.95. The topological polar surface area (TPSA) is 61.8 Å². The molecule has 0 aliphatic heterocycles. The molecule has 0 aliphatic rings. The highest BCUT2D eigenvalue weighted by Gasteiger charge is 2.30. The predicted octanol–water partition coefficient (Wildman–Crippen LogP) is 2.12. The summed E-state index contributed by atoms with van der Waals surface area (Å²) in [6, 6.07) is 4.16. The van der Waals surface area contributed by atoms with Crippen molar-refractivity contribution in [2.75, 3.05) is 20.3 Å². The Hall–Kier alpha value is -2.11. The minimum Gasteiger partial charge on any atom is -0.494 e. The molecule has 0 spiro atoms. The highest BCUT2D eigenvalue weighted by atomic mass is 19.1. The van der Waals surface area contributed by atoms with Gasteiger partial charge in [0.2, 0.25) is 0 Å². The van der Waals surface area contributed by atoms with Gasteiger partial charge in [0, 0.05) is 0 Å². The minimum absolute atomic E-state index is 0.0546. The van der Waals surface area contributed by atoms with Crippen molar-refractivity contribution < 1.29 is 28.2 Å². The van der Waals surface area contributed by atoms with Gasteiger partial charge in [-0.25, -0.2) is 4.39 Å². The Balaban J connectivity index is 2.94. The summed E-state index contributed by atoms with van der Waals surface area (Å²) in [5, 5.41) is 0. The summed E-state index contributed by atoms with van der Waals surface area (Å²) in [6.45, 7) is 3.64. The van der Waals surface area contributed by atoms with Crippen LogP contribution in [0.3, 0.4) is 0 Å². The third-order valence-electron chi connectivity index (χ3n) is 2.80. The highest BCUT2D eigenvalue weighted by Crippen LogP contribution is 2.21. The van der Waals surface area contributed by atoms with E-state index in [4.69, 9.17) is 14.2 Å². The van der Waals surface area contributed by atoms with Crippen molar-refractivity contribution in [3.05, 3.63) is 29.6 Å². The van der Waals surface area contributed by atoms with E-state index >= 15 is 0 Å². The monoisotopic (exact) mass is 298 g/mol. The van der Waals surface area contributed by atoms with Crippen LogP contribution in [0.15, 0.2) is 18.2 Å². The molecule has 5 nitrogen and oxygen atoms in total. The van der Waals surface area contributed by atoms with Crippen molar-refractivity contribution in [1.29, 1.82) is 0 Å². The van der Waals surface area contributed by atoms with Gasteiger partial charge < -0.3 is 14.2 Å². The molecule has 0 atom stereocenters. The van der Waals surface area contributed by atoms with Gasteiger partial charge in [-0.3, -0.25) is 9.59 Å². The Kier molecular flexibility index (Phi) is 6.65. The second kappa shape index (κ2) is 8.24. The average Bonchev–Trinajstić information content (AvgIpc) is 2.46. The molecule has 0 bridgehead atoms. The van der Waals surface area contributed by atoms with E-state index in [0.29, 0.717) is 5.56 Å². The second-order valence-corrected chi connectivity index (χ2v) is 4.23. The first-order valence-corrected chi connectivity index (χ1v) is 6.69. The number of hydrogen-bond donors (Lipinski definition) is 0. The molecule has 0 saturated heterocycles. The molecule has 0 aliphatic carbocycles. The molecule has 0 fully saturated rings. The number of benzene rings is 1. The van der Waals surface area contributed by atoms with E-state index in [-0.39, 0.29) is 25.4 Å². The number of hydrogen-bond acceptors (Lipinski definition) is 5. The van der Waals surface area contributed by atoms with Gasteiger partial charge in [-0.2, -0.15) is 0 Å². The summed E-state index contributed by atoms with van der Waals surface area (Å²) in [5.41, 5.74) is 0.583. The van der Waals surface area contributed by atoms with Crippen molar-refractivity contribution in [3.8, 4) is 5.75 Å². The maximum Gasteiger partial charge on any atom is 0.320 e. The Morgan fingerprint density at radius 1 is 1.14 bits per heavy atom. The zero-order valence-corrected chi connectivity index (χ0v) is 12.3. The number of halogens is 1. The van der Waals surface area contributed by atoms with Crippen LogP contribution in [0.4, 0.5) is 4.39 Å². The van der Waals surface area contributed by atoms with Crippen LogP contribution in [0.2, 0.25) is 0 Å². The van der Waals surface area contributed by atoms with Crippen molar-refractivity contribution in [2.24, 2.45) is 5.92 Å². The molecule has 21 heavy (non-hydrogen) atoms. The minimum atomic E-state index is -1.07. The molecule has 0 aromatic heterocycles. The molecule has 0 radical (unpaired) electrons. The number of ether oxygens (including phenoxy) is 3. The summed E-state index contributed by atoms with van der Waals surface area (Å²) in [5.74, 6) is -2.83. The summed E-state index contributed by atoms with van der Waals surface area (Å²) in [6.07, 6.45) is 0.0638. The summed E-state index contributed by atoms with van der Waals surface area (Å²) in [4.78, 5) is 23.7. The zero-order valence-electron chi connectivity index (χ0n) is 12.3. The van der Waals surface area contributed by atoms with Crippen LogP contribution in [0.25, 0.3) is 0 Å². The van der Waals surface area contributed by atoms with Gasteiger partial charge in [0.15, 0.2) is 17.5 Å². The third kappa shape index (κ3) is 4.73. The first kappa shape index (κ1) is 16.9. The van der Waals surface area contributed by atoms with E-state index in [2.05, 4.69) is 0 Å². The Bertz CT molecular complexity index is 483. The van der Waals surface area contributed by atoms with E-state index in [1.54, 1.807) is 13.8 Å². The normalized spacial score (nSPS) is 10.3. The van der Waals surface area contributed by atoms with Crippen LogP contribution < -0.4 is 4.74 Å². The van der Waals surface area contributed by atoms with Crippen LogP contribution >= 0.6 is 0 Å². The van der Waals surface area contributed by atoms with Gasteiger partial charge in [0.25, 0.3) is 0 Å². The maximum absolute atomic E-state index is 13.4. The van der Waals surface area contributed by atoms with Crippen LogP contribution in [0.5, 0.6) is 5.75 Å². The number of carbonyl (C=O) groups excluding carboxylic acids is 2. The van der Waals surface area contributed by atoms with E-state index in [1.807, 2.05) is 0 Å². The van der Waals surface area contributed by atoms with Gasteiger partial charge in [-0.15, -0.1) is 0 Å². The molecule has 6 heteroatoms. The summed E-state index contributed by atoms with van der Waals surface area (Å²) >= 11 is 0. The second-order valence-electron chi connectivity index (χ2n) is 4.23. The lowest BCUT2D eigenvalue weighted by Crippen LogP contribution is -2.30. The number of rotatable bonds is 7. The molecule has 1 rings (SSSR count). The molecular formula is C15H19FO5. The molecule has 1 aromatic rings. The average molecular weight is 298 g/mol.